The second kappa shape index (κ2) is 2.19. The summed E-state index contributed by atoms with van der Waals surface area (Å²) in [6, 6.07) is 3.69. The van der Waals surface area contributed by atoms with E-state index in [1.165, 1.54) is 0 Å². The molecule has 0 fully saturated rings. The highest BCUT2D eigenvalue weighted by molar-refractivity contribution is 5.55. The monoisotopic (exact) mass is 137 g/mol. The second-order valence-electron chi connectivity index (χ2n) is 2.00. The van der Waals surface area contributed by atoms with Crippen molar-refractivity contribution in [1.29, 1.82) is 0 Å². The summed E-state index contributed by atoms with van der Waals surface area (Å²) >= 11 is 0. The van der Waals surface area contributed by atoms with Crippen LogP contribution in [0, 0.1) is 0 Å². The van der Waals surface area contributed by atoms with Crippen molar-refractivity contribution in [3.8, 4) is 0 Å². The maximum absolute atomic E-state index is 5.08. The molecule has 1 aromatic heterocycles. The van der Waals surface area contributed by atoms with Gasteiger partial charge in [-0.3, -0.25) is 0 Å². The van der Waals surface area contributed by atoms with Crippen molar-refractivity contribution in [2.45, 2.75) is 0 Å². The highest BCUT2D eigenvalue weighted by Gasteiger charge is 2.09. The predicted octanol–water partition coefficient (Wildman–Crippen LogP) is 1.16. The van der Waals surface area contributed by atoms with E-state index in [2.05, 4.69) is 5.48 Å². The molecule has 0 bridgehead atoms. The summed E-state index contributed by atoms with van der Waals surface area (Å²) in [7, 11) is 0. The molecule has 0 saturated heterocycles. The van der Waals surface area contributed by atoms with E-state index in [1.54, 1.807) is 6.26 Å². The lowest BCUT2D eigenvalue weighted by molar-refractivity contribution is 0.185. The Morgan fingerprint density at radius 3 is 3.10 bits per heavy atom. The van der Waals surface area contributed by atoms with Crippen molar-refractivity contribution in [2.24, 2.45) is 0 Å². The van der Waals surface area contributed by atoms with Crippen LogP contribution in [0.4, 0.5) is 0 Å². The molecular weight excluding hydrogens is 130 g/mol. The molecule has 0 spiro atoms. The van der Waals surface area contributed by atoms with E-state index in [9.17, 15) is 0 Å². The van der Waals surface area contributed by atoms with E-state index in [1.807, 2.05) is 18.2 Å². The SMILES string of the molecule is C1=C(c2ccco2)ONC1. The zero-order chi connectivity index (χ0) is 6.81. The first-order valence-corrected chi connectivity index (χ1v) is 3.10. The Kier molecular flexibility index (Phi) is 1.22. The number of hydroxylamine groups is 1. The smallest absolute Gasteiger partial charge is 0.187 e. The molecule has 0 saturated carbocycles. The minimum Gasteiger partial charge on any atom is -0.461 e. The standard InChI is InChI=1S/C7H7NO2/c1-2-6(9-5-1)7-3-4-8-10-7/h1-3,5,8H,4H2. The Morgan fingerprint density at radius 1 is 1.50 bits per heavy atom. The van der Waals surface area contributed by atoms with Crippen LogP contribution in [-0.4, -0.2) is 6.54 Å². The molecule has 1 aromatic rings. The van der Waals surface area contributed by atoms with Crippen LogP contribution in [0.25, 0.3) is 5.76 Å². The molecule has 0 aliphatic carbocycles. The van der Waals surface area contributed by atoms with Gasteiger partial charge in [0, 0.05) is 0 Å². The zero-order valence-corrected chi connectivity index (χ0v) is 5.33. The fourth-order valence-corrected chi connectivity index (χ4v) is 0.865. The first-order valence-electron chi connectivity index (χ1n) is 3.10. The number of furan rings is 1. The third-order valence-electron chi connectivity index (χ3n) is 1.32. The average Bonchev–Trinajstić information content (AvgIpc) is 2.59. The van der Waals surface area contributed by atoms with Crippen LogP contribution < -0.4 is 5.48 Å². The average molecular weight is 137 g/mol. The molecule has 0 amide bonds. The van der Waals surface area contributed by atoms with Crippen LogP contribution in [-0.2, 0) is 4.84 Å². The largest absolute Gasteiger partial charge is 0.461 e. The van der Waals surface area contributed by atoms with Crippen molar-refractivity contribution in [3.63, 3.8) is 0 Å². The highest BCUT2D eigenvalue weighted by Crippen LogP contribution is 2.16. The Hall–Kier alpha value is -1.22. The van der Waals surface area contributed by atoms with Crippen molar-refractivity contribution in [3.05, 3.63) is 30.2 Å². The van der Waals surface area contributed by atoms with Gasteiger partial charge in [-0.25, -0.2) is 0 Å². The maximum Gasteiger partial charge on any atom is 0.187 e. The summed E-state index contributed by atoms with van der Waals surface area (Å²) in [4.78, 5) is 5.01. The topological polar surface area (TPSA) is 34.4 Å². The minimum atomic E-state index is 0.746. The highest BCUT2D eigenvalue weighted by atomic mass is 16.7. The summed E-state index contributed by atoms with van der Waals surface area (Å²) in [5, 5.41) is 0. The number of hydrogen-bond acceptors (Lipinski definition) is 3. The Balaban J connectivity index is 2.28. The van der Waals surface area contributed by atoms with E-state index in [-0.39, 0.29) is 0 Å². The van der Waals surface area contributed by atoms with E-state index >= 15 is 0 Å². The summed E-state index contributed by atoms with van der Waals surface area (Å²) in [6.07, 6.45) is 3.55. The van der Waals surface area contributed by atoms with Gasteiger partial charge in [0.15, 0.2) is 11.5 Å². The minimum absolute atomic E-state index is 0.746. The molecule has 0 aromatic carbocycles. The van der Waals surface area contributed by atoms with Crippen LogP contribution in [0.3, 0.4) is 0 Å². The number of nitrogens with one attached hydrogen (secondary N) is 1. The van der Waals surface area contributed by atoms with Gasteiger partial charge >= 0.3 is 0 Å². The fraction of sp³-hybridized carbons (Fsp3) is 0.143. The number of rotatable bonds is 1. The van der Waals surface area contributed by atoms with Crippen LogP contribution in [0.2, 0.25) is 0 Å². The predicted molar refractivity (Wildman–Crippen MR) is 35.8 cm³/mol. The Bertz CT molecular complexity index is 238. The molecule has 3 heteroatoms. The van der Waals surface area contributed by atoms with Gasteiger partial charge in [0.05, 0.1) is 12.8 Å². The van der Waals surface area contributed by atoms with Crippen molar-refractivity contribution in [2.75, 3.05) is 6.54 Å². The molecule has 1 aliphatic heterocycles. The lowest BCUT2D eigenvalue weighted by atomic mass is 10.3. The van der Waals surface area contributed by atoms with Crippen LogP contribution in [0.5, 0.6) is 0 Å². The van der Waals surface area contributed by atoms with Crippen molar-refractivity contribution >= 4 is 5.76 Å². The molecule has 0 radical (unpaired) electrons. The lowest BCUT2D eigenvalue weighted by Gasteiger charge is -1.96. The fourth-order valence-electron chi connectivity index (χ4n) is 0.865. The zero-order valence-electron chi connectivity index (χ0n) is 5.33. The van der Waals surface area contributed by atoms with E-state index < -0.39 is 0 Å². The van der Waals surface area contributed by atoms with Gasteiger partial charge in [-0.1, -0.05) is 0 Å². The quantitative estimate of drug-likeness (QED) is 0.630. The molecular formula is C7H7NO2. The molecule has 10 heavy (non-hydrogen) atoms. The molecule has 2 heterocycles. The Labute approximate surface area is 58.2 Å². The second-order valence-corrected chi connectivity index (χ2v) is 2.00. The van der Waals surface area contributed by atoms with Gasteiger partial charge in [-0.15, -0.1) is 0 Å². The molecule has 0 atom stereocenters. The normalized spacial score (nSPS) is 16.6. The van der Waals surface area contributed by atoms with Gasteiger partial charge in [-0.05, 0) is 18.2 Å². The lowest BCUT2D eigenvalue weighted by Crippen LogP contribution is -2.04. The first kappa shape index (κ1) is 5.56. The summed E-state index contributed by atoms with van der Waals surface area (Å²) in [6.45, 7) is 0.746. The molecule has 2 rings (SSSR count). The van der Waals surface area contributed by atoms with Crippen molar-refractivity contribution in [1.82, 2.24) is 5.48 Å². The van der Waals surface area contributed by atoms with Crippen molar-refractivity contribution < 1.29 is 9.25 Å². The van der Waals surface area contributed by atoms with Gasteiger partial charge in [0.2, 0.25) is 0 Å². The third kappa shape index (κ3) is 0.804. The van der Waals surface area contributed by atoms with Gasteiger partial charge in [-0.2, -0.15) is 5.48 Å². The first-order chi connectivity index (χ1) is 4.97. The van der Waals surface area contributed by atoms with E-state index in [0.717, 1.165) is 18.1 Å². The maximum atomic E-state index is 5.08. The van der Waals surface area contributed by atoms with Gasteiger partial charge < -0.3 is 9.25 Å². The van der Waals surface area contributed by atoms with Crippen LogP contribution in [0.1, 0.15) is 5.76 Å². The van der Waals surface area contributed by atoms with Gasteiger partial charge in [0.25, 0.3) is 0 Å². The molecule has 1 N–H and O–H groups in total. The Morgan fingerprint density at radius 2 is 2.50 bits per heavy atom. The summed E-state index contributed by atoms with van der Waals surface area (Å²) < 4.78 is 5.08. The molecule has 52 valence electrons. The summed E-state index contributed by atoms with van der Waals surface area (Å²) in [5.74, 6) is 1.54. The van der Waals surface area contributed by atoms with Crippen LogP contribution >= 0.6 is 0 Å². The molecule has 1 aliphatic rings. The molecule has 3 nitrogen and oxygen atoms in total. The third-order valence-corrected chi connectivity index (χ3v) is 1.32. The van der Waals surface area contributed by atoms with E-state index in [4.69, 9.17) is 9.25 Å². The van der Waals surface area contributed by atoms with Crippen LogP contribution in [0.15, 0.2) is 28.9 Å². The molecule has 0 unspecified atom stereocenters. The van der Waals surface area contributed by atoms with E-state index in [0.29, 0.717) is 0 Å². The van der Waals surface area contributed by atoms with Gasteiger partial charge in [0.1, 0.15) is 0 Å². The number of hydrogen-bond donors (Lipinski definition) is 1. The summed E-state index contributed by atoms with van der Waals surface area (Å²) in [5.41, 5.74) is 2.71.